The predicted molar refractivity (Wildman–Crippen MR) is 58.2 cm³/mol. The van der Waals surface area contributed by atoms with E-state index in [0.717, 1.165) is 18.2 Å². The molecule has 1 N–H and O–H groups in total. The van der Waals surface area contributed by atoms with E-state index in [2.05, 4.69) is 5.10 Å². The number of aliphatic hydroxyl groups excluding tert-OH is 1. The van der Waals surface area contributed by atoms with Gasteiger partial charge < -0.3 is 5.11 Å². The summed E-state index contributed by atoms with van der Waals surface area (Å²) in [4.78, 5) is 0. The second kappa shape index (κ2) is 4.63. The third-order valence-electron chi connectivity index (χ3n) is 2.62. The van der Waals surface area contributed by atoms with Gasteiger partial charge in [-0.3, -0.25) is 4.68 Å². The summed E-state index contributed by atoms with van der Waals surface area (Å²) in [6.45, 7) is 0. The number of aliphatic hydroxyl groups is 1. The number of benzene rings is 1. The molecule has 2 rings (SSSR count). The van der Waals surface area contributed by atoms with Gasteiger partial charge in [-0.05, 0) is 29.8 Å². The van der Waals surface area contributed by atoms with Crippen molar-refractivity contribution in [3.05, 3.63) is 53.4 Å². The molecule has 17 heavy (non-hydrogen) atoms. The SMILES string of the molecule is Cn1nccc1C(O)Cc1cc(F)ccc1F. The number of hydrogen-bond donors (Lipinski definition) is 1. The molecule has 1 aromatic heterocycles. The van der Waals surface area contributed by atoms with Gasteiger partial charge in [0.25, 0.3) is 0 Å². The lowest BCUT2D eigenvalue weighted by molar-refractivity contribution is 0.167. The largest absolute Gasteiger partial charge is 0.386 e. The van der Waals surface area contributed by atoms with Crippen LogP contribution in [0, 0.1) is 11.6 Å². The molecule has 0 aliphatic rings. The Morgan fingerprint density at radius 3 is 2.76 bits per heavy atom. The minimum absolute atomic E-state index is 0.0170. The van der Waals surface area contributed by atoms with Crippen molar-refractivity contribution in [2.45, 2.75) is 12.5 Å². The van der Waals surface area contributed by atoms with Crippen molar-refractivity contribution in [2.24, 2.45) is 7.05 Å². The molecule has 0 bridgehead atoms. The molecular weight excluding hydrogens is 226 g/mol. The summed E-state index contributed by atoms with van der Waals surface area (Å²) in [5, 5.41) is 13.8. The molecule has 0 aliphatic carbocycles. The van der Waals surface area contributed by atoms with Gasteiger partial charge in [0.1, 0.15) is 11.6 Å². The number of hydrogen-bond acceptors (Lipinski definition) is 2. The van der Waals surface area contributed by atoms with Crippen molar-refractivity contribution in [1.29, 1.82) is 0 Å². The van der Waals surface area contributed by atoms with E-state index in [-0.39, 0.29) is 12.0 Å². The summed E-state index contributed by atoms with van der Waals surface area (Å²) in [7, 11) is 1.68. The number of aromatic nitrogens is 2. The quantitative estimate of drug-likeness (QED) is 0.887. The van der Waals surface area contributed by atoms with Crippen LogP contribution in [0.3, 0.4) is 0 Å². The van der Waals surface area contributed by atoms with Gasteiger partial charge in [0.05, 0.1) is 11.8 Å². The molecule has 0 saturated carbocycles. The van der Waals surface area contributed by atoms with Crippen LogP contribution in [-0.2, 0) is 13.5 Å². The molecule has 0 saturated heterocycles. The maximum Gasteiger partial charge on any atom is 0.126 e. The van der Waals surface area contributed by atoms with Crippen LogP contribution in [0.1, 0.15) is 17.4 Å². The van der Waals surface area contributed by atoms with Gasteiger partial charge in [0, 0.05) is 19.7 Å². The first-order chi connectivity index (χ1) is 8.08. The van der Waals surface area contributed by atoms with E-state index in [1.165, 1.54) is 4.68 Å². The number of nitrogens with zero attached hydrogens (tertiary/aromatic N) is 2. The normalized spacial score (nSPS) is 12.7. The zero-order chi connectivity index (χ0) is 12.4. The second-order valence-corrected chi connectivity index (χ2v) is 3.84. The molecule has 1 heterocycles. The van der Waals surface area contributed by atoms with Crippen molar-refractivity contribution >= 4 is 0 Å². The Morgan fingerprint density at radius 2 is 2.12 bits per heavy atom. The third kappa shape index (κ3) is 2.50. The molecule has 1 atom stereocenters. The Bertz CT molecular complexity index is 525. The lowest BCUT2D eigenvalue weighted by Crippen LogP contribution is -2.09. The fourth-order valence-electron chi connectivity index (χ4n) is 1.72. The Morgan fingerprint density at radius 1 is 1.35 bits per heavy atom. The highest BCUT2D eigenvalue weighted by molar-refractivity contribution is 5.21. The molecule has 0 fully saturated rings. The lowest BCUT2D eigenvalue weighted by Gasteiger charge is -2.11. The molecule has 0 aliphatic heterocycles. The van der Waals surface area contributed by atoms with Crippen LogP contribution in [0.15, 0.2) is 30.5 Å². The first-order valence-corrected chi connectivity index (χ1v) is 5.18. The number of halogens is 2. The van der Waals surface area contributed by atoms with Gasteiger partial charge in [-0.1, -0.05) is 0 Å². The maximum absolute atomic E-state index is 13.4. The standard InChI is InChI=1S/C12H12F2N2O/c1-16-11(4-5-15-16)12(17)7-8-6-9(13)2-3-10(8)14/h2-6,12,17H,7H2,1H3. The highest BCUT2D eigenvalue weighted by Crippen LogP contribution is 2.20. The Hall–Kier alpha value is -1.75. The second-order valence-electron chi connectivity index (χ2n) is 3.84. The van der Waals surface area contributed by atoms with Gasteiger partial charge >= 0.3 is 0 Å². The summed E-state index contributed by atoms with van der Waals surface area (Å²) in [5.74, 6) is -1.04. The summed E-state index contributed by atoms with van der Waals surface area (Å²) < 4.78 is 27.8. The summed E-state index contributed by atoms with van der Waals surface area (Å²) in [5.41, 5.74) is 0.715. The van der Waals surface area contributed by atoms with E-state index < -0.39 is 17.7 Å². The van der Waals surface area contributed by atoms with Crippen LogP contribution in [0.2, 0.25) is 0 Å². The van der Waals surface area contributed by atoms with Crippen LogP contribution in [0.4, 0.5) is 8.78 Å². The molecule has 1 aromatic carbocycles. The molecule has 0 radical (unpaired) electrons. The lowest BCUT2D eigenvalue weighted by atomic mass is 10.0. The minimum Gasteiger partial charge on any atom is -0.386 e. The molecular formula is C12H12F2N2O. The van der Waals surface area contributed by atoms with Crippen LogP contribution in [0.25, 0.3) is 0 Å². The van der Waals surface area contributed by atoms with Crippen LogP contribution >= 0.6 is 0 Å². The zero-order valence-electron chi connectivity index (χ0n) is 9.27. The topological polar surface area (TPSA) is 38.0 Å². The van der Waals surface area contributed by atoms with Crippen molar-refractivity contribution in [3.63, 3.8) is 0 Å². The average Bonchev–Trinajstić information content (AvgIpc) is 2.70. The van der Waals surface area contributed by atoms with Gasteiger partial charge in [-0.25, -0.2) is 8.78 Å². The van der Waals surface area contributed by atoms with Crippen LogP contribution in [-0.4, -0.2) is 14.9 Å². The number of aryl methyl sites for hydroxylation is 1. The highest BCUT2D eigenvalue weighted by Gasteiger charge is 2.15. The van der Waals surface area contributed by atoms with Crippen molar-refractivity contribution in [1.82, 2.24) is 9.78 Å². The van der Waals surface area contributed by atoms with E-state index in [1.807, 2.05) is 0 Å². The summed E-state index contributed by atoms with van der Waals surface area (Å²) in [6.07, 6.45) is 0.655. The monoisotopic (exact) mass is 238 g/mol. The molecule has 3 nitrogen and oxygen atoms in total. The Kier molecular flexibility index (Phi) is 3.19. The molecule has 90 valence electrons. The fraction of sp³-hybridized carbons (Fsp3) is 0.250. The van der Waals surface area contributed by atoms with Gasteiger partial charge in [0.2, 0.25) is 0 Å². The summed E-state index contributed by atoms with van der Waals surface area (Å²) >= 11 is 0. The van der Waals surface area contributed by atoms with E-state index in [1.54, 1.807) is 19.3 Å². The van der Waals surface area contributed by atoms with Crippen molar-refractivity contribution in [2.75, 3.05) is 0 Å². The number of rotatable bonds is 3. The predicted octanol–water partition coefficient (Wildman–Crippen LogP) is 1.97. The first-order valence-electron chi connectivity index (χ1n) is 5.18. The average molecular weight is 238 g/mol. The van der Waals surface area contributed by atoms with E-state index >= 15 is 0 Å². The first kappa shape index (κ1) is 11.7. The van der Waals surface area contributed by atoms with E-state index in [0.29, 0.717) is 5.69 Å². The summed E-state index contributed by atoms with van der Waals surface area (Å²) in [6, 6.07) is 4.84. The van der Waals surface area contributed by atoms with Gasteiger partial charge in [0.15, 0.2) is 0 Å². The molecule has 0 amide bonds. The molecule has 5 heteroatoms. The van der Waals surface area contributed by atoms with E-state index in [9.17, 15) is 13.9 Å². The minimum atomic E-state index is -0.904. The van der Waals surface area contributed by atoms with Gasteiger partial charge in [-0.2, -0.15) is 5.10 Å². The van der Waals surface area contributed by atoms with Crippen molar-refractivity contribution in [3.8, 4) is 0 Å². The maximum atomic E-state index is 13.4. The molecule has 1 unspecified atom stereocenters. The van der Waals surface area contributed by atoms with Crippen LogP contribution < -0.4 is 0 Å². The third-order valence-corrected chi connectivity index (χ3v) is 2.62. The zero-order valence-corrected chi connectivity index (χ0v) is 9.27. The Balaban J connectivity index is 2.21. The van der Waals surface area contributed by atoms with Crippen molar-refractivity contribution < 1.29 is 13.9 Å². The fourth-order valence-corrected chi connectivity index (χ4v) is 1.72. The Labute approximate surface area is 97.3 Å². The molecule has 0 spiro atoms. The van der Waals surface area contributed by atoms with Gasteiger partial charge in [-0.15, -0.1) is 0 Å². The highest BCUT2D eigenvalue weighted by atomic mass is 19.1. The smallest absolute Gasteiger partial charge is 0.126 e. The molecule has 2 aromatic rings. The van der Waals surface area contributed by atoms with E-state index in [4.69, 9.17) is 0 Å². The van der Waals surface area contributed by atoms with Crippen LogP contribution in [0.5, 0.6) is 0 Å².